The number of amides is 1. The average Bonchev–Trinajstić information content (AvgIpc) is 3.04. The van der Waals surface area contributed by atoms with Crippen molar-refractivity contribution in [2.75, 3.05) is 10.2 Å². The number of fused-ring (bicyclic) bond motifs is 1. The highest BCUT2D eigenvalue weighted by atomic mass is 16.2. The van der Waals surface area contributed by atoms with E-state index in [2.05, 4.69) is 43.2 Å². The lowest BCUT2D eigenvalue weighted by Gasteiger charge is -2.22. The Bertz CT molecular complexity index is 1010. The standard InChI is InChI=1S/C24H25N3O/c1-24(2,3)19-7-5-8-20(14-19)27-16-18-6-4-9-21(22(18)23(27)28)26-15-17-10-12-25-13-11-17/h4-14,26H,15-16H2,1-3H3. The number of hydrogen-bond donors (Lipinski definition) is 1. The predicted molar refractivity (Wildman–Crippen MR) is 114 cm³/mol. The van der Waals surface area contributed by atoms with E-state index in [-0.39, 0.29) is 11.3 Å². The molecule has 0 fully saturated rings. The number of nitrogens with one attached hydrogen (secondary N) is 1. The maximum Gasteiger partial charge on any atom is 0.261 e. The summed E-state index contributed by atoms with van der Waals surface area (Å²) in [6, 6.07) is 18.3. The van der Waals surface area contributed by atoms with Crippen LogP contribution in [0.3, 0.4) is 0 Å². The minimum Gasteiger partial charge on any atom is -0.380 e. The van der Waals surface area contributed by atoms with Crippen molar-refractivity contribution in [3.63, 3.8) is 0 Å². The van der Waals surface area contributed by atoms with Crippen LogP contribution in [0.5, 0.6) is 0 Å². The molecule has 4 nitrogen and oxygen atoms in total. The van der Waals surface area contributed by atoms with Crippen LogP contribution >= 0.6 is 0 Å². The molecule has 1 N–H and O–H groups in total. The highest BCUT2D eigenvalue weighted by molar-refractivity contribution is 6.13. The first-order valence-corrected chi connectivity index (χ1v) is 9.60. The first-order valence-electron chi connectivity index (χ1n) is 9.60. The molecule has 3 aromatic rings. The van der Waals surface area contributed by atoms with E-state index >= 15 is 0 Å². The summed E-state index contributed by atoms with van der Waals surface area (Å²) in [6.45, 7) is 7.83. The van der Waals surface area contributed by atoms with Crippen LogP contribution in [-0.4, -0.2) is 10.9 Å². The van der Waals surface area contributed by atoms with Crippen molar-refractivity contribution in [3.05, 3.63) is 89.2 Å². The molecule has 4 rings (SSSR count). The van der Waals surface area contributed by atoms with Crippen LogP contribution in [0.25, 0.3) is 0 Å². The minimum atomic E-state index is 0.0445. The molecule has 0 saturated carbocycles. The summed E-state index contributed by atoms with van der Waals surface area (Å²) in [5, 5.41) is 3.42. The number of benzene rings is 2. The van der Waals surface area contributed by atoms with Gasteiger partial charge in [-0.05, 0) is 52.4 Å². The zero-order chi connectivity index (χ0) is 19.7. The lowest BCUT2D eigenvalue weighted by atomic mass is 9.87. The fraction of sp³-hybridized carbons (Fsp3) is 0.250. The van der Waals surface area contributed by atoms with Gasteiger partial charge < -0.3 is 10.2 Å². The molecule has 0 bridgehead atoms. The van der Waals surface area contributed by atoms with Crippen molar-refractivity contribution < 1.29 is 4.79 Å². The van der Waals surface area contributed by atoms with E-state index in [4.69, 9.17) is 0 Å². The van der Waals surface area contributed by atoms with E-state index in [0.717, 1.165) is 28.1 Å². The number of carbonyl (C=O) groups is 1. The Morgan fingerprint density at radius 3 is 2.54 bits per heavy atom. The van der Waals surface area contributed by atoms with Crippen molar-refractivity contribution in [1.82, 2.24) is 4.98 Å². The van der Waals surface area contributed by atoms with Crippen molar-refractivity contribution in [2.24, 2.45) is 0 Å². The van der Waals surface area contributed by atoms with E-state index in [1.165, 1.54) is 5.56 Å². The summed E-state index contributed by atoms with van der Waals surface area (Å²) in [6.07, 6.45) is 3.56. The highest BCUT2D eigenvalue weighted by Crippen LogP contribution is 2.34. The molecule has 0 radical (unpaired) electrons. The van der Waals surface area contributed by atoms with Gasteiger partial charge in [0.1, 0.15) is 0 Å². The third-order valence-electron chi connectivity index (χ3n) is 5.19. The number of nitrogens with zero attached hydrogens (tertiary/aromatic N) is 2. The third-order valence-corrected chi connectivity index (χ3v) is 5.19. The SMILES string of the molecule is CC(C)(C)c1cccc(N2Cc3cccc(NCc4ccncc4)c3C2=O)c1. The van der Waals surface area contributed by atoms with Crippen LogP contribution in [0.4, 0.5) is 11.4 Å². The second-order valence-electron chi connectivity index (χ2n) is 8.24. The Morgan fingerprint density at radius 2 is 1.79 bits per heavy atom. The third kappa shape index (κ3) is 3.50. The van der Waals surface area contributed by atoms with Crippen molar-refractivity contribution in [3.8, 4) is 0 Å². The quantitative estimate of drug-likeness (QED) is 0.690. The second-order valence-corrected chi connectivity index (χ2v) is 8.24. The Balaban J connectivity index is 1.61. The number of anilines is 2. The molecule has 0 spiro atoms. The van der Waals surface area contributed by atoms with Gasteiger partial charge in [-0.15, -0.1) is 0 Å². The summed E-state index contributed by atoms with van der Waals surface area (Å²) >= 11 is 0. The molecule has 0 unspecified atom stereocenters. The molecule has 1 aliphatic rings. The Kier molecular flexibility index (Phi) is 4.63. The maximum atomic E-state index is 13.3. The van der Waals surface area contributed by atoms with Gasteiger partial charge in [0, 0.05) is 30.3 Å². The molecular formula is C24H25N3O. The van der Waals surface area contributed by atoms with Crippen LogP contribution in [0.2, 0.25) is 0 Å². The molecule has 4 heteroatoms. The van der Waals surface area contributed by atoms with Gasteiger partial charge in [0.2, 0.25) is 0 Å². The molecule has 0 saturated heterocycles. The summed E-state index contributed by atoms with van der Waals surface area (Å²) < 4.78 is 0. The fourth-order valence-electron chi connectivity index (χ4n) is 3.56. The van der Waals surface area contributed by atoms with Crippen molar-refractivity contribution >= 4 is 17.3 Å². The number of carbonyl (C=O) groups excluding carboxylic acids is 1. The van der Waals surface area contributed by atoms with Gasteiger partial charge in [-0.1, -0.05) is 45.0 Å². The lowest BCUT2D eigenvalue weighted by molar-refractivity contribution is 0.0997. The summed E-state index contributed by atoms with van der Waals surface area (Å²) in [7, 11) is 0. The van der Waals surface area contributed by atoms with Crippen LogP contribution in [0.15, 0.2) is 67.0 Å². The van der Waals surface area contributed by atoms with E-state index in [1.807, 2.05) is 47.4 Å². The smallest absolute Gasteiger partial charge is 0.261 e. The molecule has 1 aliphatic heterocycles. The highest BCUT2D eigenvalue weighted by Gasteiger charge is 2.31. The van der Waals surface area contributed by atoms with E-state index in [9.17, 15) is 4.79 Å². The first-order chi connectivity index (χ1) is 13.4. The maximum absolute atomic E-state index is 13.3. The lowest BCUT2D eigenvalue weighted by Crippen LogP contribution is -2.24. The molecule has 0 atom stereocenters. The number of hydrogen-bond acceptors (Lipinski definition) is 3. The van der Waals surface area contributed by atoms with Crippen molar-refractivity contribution in [2.45, 2.75) is 39.3 Å². The van der Waals surface area contributed by atoms with Crippen LogP contribution in [0.1, 0.15) is 47.8 Å². The summed E-state index contributed by atoms with van der Waals surface area (Å²) in [5.74, 6) is 0.0545. The monoisotopic (exact) mass is 371 g/mol. The van der Waals surface area contributed by atoms with Crippen LogP contribution < -0.4 is 10.2 Å². The molecule has 2 aromatic carbocycles. The zero-order valence-electron chi connectivity index (χ0n) is 16.6. The van der Waals surface area contributed by atoms with E-state index in [0.29, 0.717) is 13.1 Å². The Morgan fingerprint density at radius 1 is 1.04 bits per heavy atom. The summed E-state index contributed by atoms with van der Waals surface area (Å²) in [4.78, 5) is 19.2. The van der Waals surface area contributed by atoms with Gasteiger partial charge >= 0.3 is 0 Å². The molecular weight excluding hydrogens is 346 g/mol. The van der Waals surface area contributed by atoms with Crippen molar-refractivity contribution in [1.29, 1.82) is 0 Å². The van der Waals surface area contributed by atoms with E-state index in [1.54, 1.807) is 12.4 Å². The van der Waals surface area contributed by atoms with Gasteiger partial charge in [0.15, 0.2) is 0 Å². The van der Waals surface area contributed by atoms with Gasteiger partial charge in [0.25, 0.3) is 5.91 Å². The number of aromatic nitrogens is 1. The van der Waals surface area contributed by atoms with Gasteiger partial charge in [0.05, 0.1) is 12.1 Å². The Hall–Kier alpha value is -3.14. The van der Waals surface area contributed by atoms with Crippen LogP contribution in [0, 0.1) is 0 Å². The fourth-order valence-corrected chi connectivity index (χ4v) is 3.56. The van der Waals surface area contributed by atoms with Gasteiger partial charge in [-0.25, -0.2) is 0 Å². The summed E-state index contributed by atoms with van der Waals surface area (Å²) in [5.41, 5.74) is 6.08. The molecule has 1 amide bonds. The van der Waals surface area contributed by atoms with Crippen LogP contribution in [-0.2, 0) is 18.5 Å². The number of pyridine rings is 1. The molecule has 0 aliphatic carbocycles. The van der Waals surface area contributed by atoms with Gasteiger partial charge in [-0.2, -0.15) is 0 Å². The number of rotatable bonds is 4. The normalized spacial score (nSPS) is 13.5. The molecule has 28 heavy (non-hydrogen) atoms. The topological polar surface area (TPSA) is 45.2 Å². The predicted octanol–water partition coefficient (Wildman–Crippen LogP) is 5.15. The zero-order valence-corrected chi connectivity index (χ0v) is 16.6. The minimum absolute atomic E-state index is 0.0445. The van der Waals surface area contributed by atoms with E-state index < -0.39 is 0 Å². The first kappa shape index (κ1) is 18.2. The second kappa shape index (κ2) is 7.12. The molecule has 142 valence electrons. The molecule has 1 aromatic heterocycles. The van der Waals surface area contributed by atoms with Gasteiger partial charge in [-0.3, -0.25) is 9.78 Å². The average molecular weight is 371 g/mol. The molecule has 2 heterocycles. The Labute approximate surface area is 166 Å². The largest absolute Gasteiger partial charge is 0.380 e.